The average molecular weight is 265 g/mol. The highest BCUT2D eigenvalue weighted by Gasteiger charge is 2.51. The molecule has 0 bridgehead atoms. The first-order chi connectivity index (χ1) is 9.01. The molecule has 0 spiro atoms. The summed E-state index contributed by atoms with van der Waals surface area (Å²) in [7, 11) is 5.69. The number of carbonyl (C=O) groups excluding carboxylic acids is 2. The van der Waals surface area contributed by atoms with Crippen molar-refractivity contribution >= 4 is 17.6 Å². The quantitative estimate of drug-likeness (QED) is 0.600. The van der Waals surface area contributed by atoms with Gasteiger partial charge in [0.1, 0.15) is 0 Å². The van der Waals surface area contributed by atoms with E-state index in [-0.39, 0.29) is 5.91 Å². The molecule has 19 heavy (non-hydrogen) atoms. The van der Waals surface area contributed by atoms with Crippen LogP contribution >= 0.6 is 0 Å². The van der Waals surface area contributed by atoms with Crippen molar-refractivity contribution in [3.63, 3.8) is 0 Å². The highest BCUT2D eigenvalue weighted by Crippen LogP contribution is 2.42. The van der Waals surface area contributed by atoms with Crippen LogP contribution in [0.15, 0.2) is 18.2 Å². The van der Waals surface area contributed by atoms with E-state index in [1.165, 1.54) is 26.2 Å². The lowest BCUT2D eigenvalue weighted by atomic mass is 10.0. The van der Waals surface area contributed by atoms with Gasteiger partial charge in [0.05, 0.1) is 18.4 Å². The number of nitrogens with zero attached hydrogens (tertiary/aromatic N) is 1. The largest absolute Gasteiger partial charge is 0.465 e. The minimum atomic E-state index is -1.51. The maximum absolute atomic E-state index is 12.3. The Balaban J connectivity index is 2.63. The van der Waals surface area contributed by atoms with E-state index in [0.29, 0.717) is 16.8 Å². The Morgan fingerprint density at radius 3 is 2.37 bits per heavy atom. The molecule has 6 nitrogen and oxygen atoms in total. The average Bonchev–Trinajstić information content (AvgIpc) is 2.67. The lowest BCUT2D eigenvalue weighted by molar-refractivity contribution is -0.208. The molecule has 2 rings (SSSR count). The number of benzene rings is 1. The molecule has 0 saturated heterocycles. The van der Waals surface area contributed by atoms with Gasteiger partial charge in [0.15, 0.2) is 0 Å². The van der Waals surface area contributed by atoms with Gasteiger partial charge >= 0.3 is 5.97 Å². The Morgan fingerprint density at radius 2 is 1.84 bits per heavy atom. The molecule has 1 amide bonds. The van der Waals surface area contributed by atoms with Crippen LogP contribution in [0.3, 0.4) is 0 Å². The van der Waals surface area contributed by atoms with E-state index in [2.05, 4.69) is 4.74 Å². The number of amides is 1. The van der Waals surface area contributed by atoms with Gasteiger partial charge in [-0.3, -0.25) is 4.79 Å². The van der Waals surface area contributed by atoms with Crippen molar-refractivity contribution in [3.05, 3.63) is 29.3 Å². The first-order valence-electron chi connectivity index (χ1n) is 5.63. The summed E-state index contributed by atoms with van der Waals surface area (Å²) < 4.78 is 15.2. The van der Waals surface area contributed by atoms with Crippen molar-refractivity contribution < 1.29 is 23.8 Å². The maximum atomic E-state index is 12.3. The van der Waals surface area contributed by atoms with Crippen molar-refractivity contribution in [3.8, 4) is 0 Å². The van der Waals surface area contributed by atoms with Crippen LogP contribution in [0.4, 0.5) is 5.69 Å². The number of esters is 1. The van der Waals surface area contributed by atoms with Crippen molar-refractivity contribution in [1.82, 2.24) is 0 Å². The molecule has 0 N–H and O–H groups in total. The molecule has 6 heteroatoms. The monoisotopic (exact) mass is 265 g/mol. The number of rotatable bonds is 3. The Bertz CT molecular complexity index is 536. The lowest BCUT2D eigenvalue weighted by Crippen LogP contribution is -2.41. The molecule has 0 aliphatic carbocycles. The third-order valence-electron chi connectivity index (χ3n) is 3.29. The van der Waals surface area contributed by atoms with E-state index in [1.54, 1.807) is 25.2 Å². The summed E-state index contributed by atoms with van der Waals surface area (Å²) in [6.07, 6.45) is 0. The van der Waals surface area contributed by atoms with Crippen LogP contribution in [0.5, 0.6) is 0 Å². The molecule has 1 aliphatic rings. The van der Waals surface area contributed by atoms with Crippen molar-refractivity contribution in [2.45, 2.75) is 5.79 Å². The highest BCUT2D eigenvalue weighted by atomic mass is 16.7. The van der Waals surface area contributed by atoms with Gasteiger partial charge in [-0.05, 0) is 18.2 Å². The standard InChI is InChI=1S/C13H15NO5/c1-14-10-6-5-8(11(15)17-2)7-9(10)13(18-3,19-4)12(14)16/h5-7H,1-4H3. The summed E-state index contributed by atoms with van der Waals surface area (Å²) in [4.78, 5) is 25.3. The van der Waals surface area contributed by atoms with Gasteiger partial charge in [0.25, 0.3) is 11.7 Å². The predicted molar refractivity (Wildman–Crippen MR) is 66.9 cm³/mol. The molecular weight excluding hydrogens is 250 g/mol. The topological polar surface area (TPSA) is 65.1 Å². The molecule has 102 valence electrons. The minimum absolute atomic E-state index is 0.336. The molecule has 1 aromatic rings. The van der Waals surface area contributed by atoms with Crippen molar-refractivity contribution in [1.29, 1.82) is 0 Å². The number of hydrogen-bond donors (Lipinski definition) is 0. The Hall–Kier alpha value is -1.92. The molecule has 0 fully saturated rings. The van der Waals surface area contributed by atoms with Gasteiger partial charge < -0.3 is 19.1 Å². The molecule has 1 aliphatic heterocycles. The van der Waals surface area contributed by atoms with Gasteiger partial charge in [0, 0.05) is 26.8 Å². The van der Waals surface area contributed by atoms with Gasteiger partial charge in [-0.2, -0.15) is 0 Å². The van der Waals surface area contributed by atoms with Crippen molar-refractivity contribution in [2.75, 3.05) is 33.3 Å². The number of hydrogen-bond acceptors (Lipinski definition) is 5. The van der Waals surface area contributed by atoms with Crippen LogP contribution in [-0.4, -0.2) is 40.3 Å². The Labute approximate surface area is 110 Å². The van der Waals surface area contributed by atoms with E-state index >= 15 is 0 Å². The van der Waals surface area contributed by atoms with Crippen LogP contribution < -0.4 is 4.90 Å². The molecule has 0 aromatic heterocycles. The second-order valence-electron chi connectivity index (χ2n) is 4.11. The molecule has 1 heterocycles. The molecule has 0 saturated carbocycles. The summed E-state index contributed by atoms with van der Waals surface area (Å²) in [5.74, 6) is -2.32. The first kappa shape index (κ1) is 13.5. The van der Waals surface area contributed by atoms with Crippen LogP contribution in [-0.2, 0) is 24.8 Å². The molecule has 0 radical (unpaired) electrons. The van der Waals surface area contributed by atoms with Gasteiger partial charge in [-0.1, -0.05) is 0 Å². The van der Waals surface area contributed by atoms with Gasteiger partial charge in [-0.25, -0.2) is 4.79 Å². The van der Waals surface area contributed by atoms with E-state index in [9.17, 15) is 9.59 Å². The Morgan fingerprint density at radius 1 is 1.21 bits per heavy atom. The van der Waals surface area contributed by atoms with E-state index < -0.39 is 11.8 Å². The summed E-state index contributed by atoms with van der Waals surface area (Å²) in [6, 6.07) is 4.81. The maximum Gasteiger partial charge on any atom is 0.337 e. The number of fused-ring (bicyclic) bond motifs is 1. The lowest BCUT2D eigenvalue weighted by Gasteiger charge is -2.24. The smallest absolute Gasteiger partial charge is 0.337 e. The zero-order valence-corrected chi connectivity index (χ0v) is 11.2. The predicted octanol–water partition coefficient (Wildman–Crippen LogP) is 0.895. The third-order valence-corrected chi connectivity index (χ3v) is 3.29. The van der Waals surface area contributed by atoms with Crippen LogP contribution in [0.1, 0.15) is 15.9 Å². The number of methoxy groups -OCH3 is 3. The fourth-order valence-corrected chi connectivity index (χ4v) is 2.26. The van der Waals surface area contributed by atoms with Crippen LogP contribution in [0, 0.1) is 0 Å². The molecule has 0 unspecified atom stereocenters. The minimum Gasteiger partial charge on any atom is -0.465 e. The fraction of sp³-hybridized carbons (Fsp3) is 0.385. The SMILES string of the molecule is COC(=O)c1ccc2c(c1)C(OC)(OC)C(=O)N2C. The van der Waals surface area contributed by atoms with Crippen LogP contribution in [0.25, 0.3) is 0 Å². The van der Waals surface area contributed by atoms with E-state index in [1.807, 2.05) is 0 Å². The summed E-state index contributed by atoms with van der Waals surface area (Å²) in [5, 5.41) is 0. The van der Waals surface area contributed by atoms with E-state index in [4.69, 9.17) is 9.47 Å². The Kier molecular flexibility index (Phi) is 3.30. The number of anilines is 1. The summed E-state index contributed by atoms with van der Waals surface area (Å²) >= 11 is 0. The normalized spacial score (nSPS) is 16.4. The first-order valence-corrected chi connectivity index (χ1v) is 5.63. The highest BCUT2D eigenvalue weighted by molar-refractivity contribution is 6.06. The zero-order valence-electron chi connectivity index (χ0n) is 11.2. The van der Waals surface area contributed by atoms with Gasteiger partial charge in [0.2, 0.25) is 0 Å². The second-order valence-corrected chi connectivity index (χ2v) is 4.11. The molecular formula is C13H15NO5. The second kappa shape index (κ2) is 4.64. The number of likely N-dealkylation sites (N-methyl/N-ethyl adjacent to an activating group) is 1. The fourth-order valence-electron chi connectivity index (χ4n) is 2.26. The number of carbonyl (C=O) groups is 2. The summed E-state index contributed by atoms with van der Waals surface area (Å²) in [6.45, 7) is 0. The van der Waals surface area contributed by atoms with Gasteiger partial charge in [-0.15, -0.1) is 0 Å². The zero-order chi connectivity index (χ0) is 14.2. The number of ether oxygens (including phenoxy) is 3. The summed E-state index contributed by atoms with van der Waals surface area (Å²) in [5.41, 5.74) is 1.47. The van der Waals surface area contributed by atoms with E-state index in [0.717, 1.165) is 0 Å². The molecule has 0 atom stereocenters. The van der Waals surface area contributed by atoms with Crippen molar-refractivity contribution in [2.24, 2.45) is 0 Å². The molecule has 1 aromatic carbocycles. The van der Waals surface area contributed by atoms with Crippen LogP contribution in [0.2, 0.25) is 0 Å². The third kappa shape index (κ3) is 1.72.